The van der Waals surface area contributed by atoms with E-state index in [2.05, 4.69) is 0 Å². The molecule has 4 nitrogen and oxygen atoms in total. The van der Waals surface area contributed by atoms with Gasteiger partial charge in [0.2, 0.25) is 0 Å². The maximum absolute atomic E-state index is 11.1. The fraction of sp³-hybridized carbons (Fsp3) is 0.909. The lowest BCUT2D eigenvalue weighted by molar-refractivity contribution is -0.125. The zero-order valence-corrected chi connectivity index (χ0v) is 9.37. The van der Waals surface area contributed by atoms with Crippen LogP contribution in [0, 0.1) is 0 Å². The molecule has 0 aromatic carbocycles. The fourth-order valence-corrected chi connectivity index (χ4v) is 1.65. The van der Waals surface area contributed by atoms with E-state index in [9.17, 15) is 4.79 Å². The first-order chi connectivity index (χ1) is 7.33. The zero-order chi connectivity index (χ0) is 10.9. The van der Waals surface area contributed by atoms with Crippen LogP contribution in [0.2, 0.25) is 0 Å². The summed E-state index contributed by atoms with van der Waals surface area (Å²) in [5.41, 5.74) is 0. The lowest BCUT2D eigenvalue weighted by Gasteiger charge is -2.21. The van der Waals surface area contributed by atoms with Crippen molar-refractivity contribution >= 4 is 5.78 Å². The first kappa shape index (κ1) is 12.6. The van der Waals surface area contributed by atoms with E-state index in [0.717, 1.165) is 19.3 Å². The van der Waals surface area contributed by atoms with Gasteiger partial charge in [0.1, 0.15) is 5.78 Å². The predicted octanol–water partition coefficient (Wildman–Crippen LogP) is 1.18. The van der Waals surface area contributed by atoms with Crippen LogP contribution in [-0.4, -0.2) is 45.4 Å². The van der Waals surface area contributed by atoms with Gasteiger partial charge in [-0.2, -0.15) is 0 Å². The second-order valence-electron chi connectivity index (χ2n) is 3.73. The van der Waals surface area contributed by atoms with Crippen molar-refractivity contribution in [3.8, 4) is 0 Å². The maximum Gasteiger partial charge on any atom is 0.135 e. The van der Waals surface area contributed by atoms with E-state index < -0.39 is 0 Å². The summed E-state index contributed by atoms with van der Waals surface area (Å²) in [4.78, 5) is 11.1. The van der Waals surface area contributed by atoms with Crippen LogP contribution in [0.3, 0.4) is 0 Å². The minimum atomic E-state index is 0.122. The third-order valence-corrected chi connectivity index (χ3v) is 2.45. The number of hydrogen-bond acceptors (Lipinski definition) is 4. The van der Waals surface area contributed by atoms with Gasteiger partial charge in [-0.15, -0.1) is 0 Å². The van der Waals surface area contributed by atoms with Crippen molar-refractivity contribution in [1.82, 2.24) is 0 Å². The number of methoxy groups -OCH3 is 1. The summed E-state index contributed by atoms with van der Waals surface area (Å²) < 4.78 is 15.6. The molecule has 1 aliphatic rings. The average Bonchev–Trinajstić information content (AvgIpc) is 2.23. The second kappa shape index (κ2) is 7.79. The molecule has 1 saturated carbocycles. The molecule has 15 heavy (non-hydrogen) atoms. The summed E-state index contributed by atoms with van der Waals surface area (Å²) in [5, 5.41) is 0. The van der Waals surface area contributed by atoms with E-state index in [-0.39, 0.29) is 6.10 Å². The fourth-order valence-electron chi connectivity index (χ4n) is 1.65. The Morgan fingerprint density at radius 1 is 1.27 bits per heavy atom. The third kappa shape index (κ3) is 5.87. The highest BCUT2D eigenvalue weighted by Gasteiger charge is 2.19. The Morgan fingerprint density at radius 2 is 2.07 bits per heavy atom. The molecule has 0 bridgehead atoms. The molecule has 1 fully saturated rings. The molecule has 0 saturated heterocycles. The molecule has 1 atom stereocenters. The van der Waals surface area contributed by atoms with Gasteiger partial charge < -0.3 is 14.2 Å². The summed E-state index contributed by atoms with van der Waals surface area (Å²) in [7, 11) is 1.65. The van der Waals surface area contributed by atoms with Crippen LogP contribution in [0.5, 0.6) is 0 Å². The van der Waals surface area contributed by atoms with Crippen LogP contribution in [0.25, 0.3) is 0 Å². The van der Waals surface area contributed by atoms with Crippen molar-refractivity contribution in [3.05, 3.63) is 0 Å². The minimum absolute atomic E-state index is 0.122. The second-order valence-corrected chi connectivity index (χ2v) is 3.73. The van der Waals surface area contributed by atoms with Crippen LogP contribution < -0.4 is 0 Å². The van der Waals surface area contributed by atoms with Gasteiger partial charge in [0, 0.05) is 20.0 Å². The highest BCUT2D eigenvalue weighted by Crippen LogP contribution is 2.17. The zero-order valence-electron chi connectivity index (χ0n) is 9.37. The minimum Gasteiger partial charge on any atom is -0.382 e. The number of ether oxygens (including phenoxy) is 3. The first-order valence-electron chi connectivity index (χ1n) is 5.53. The number of Topliss-reactive ketones (excluding diaryl/α,β-unsaturated/α-hetero) is 1. The molecule has 88 valence electrons. The molecule has 0 aromatic rings. The first-order valence-corrected chi connectivity index (χ1v) is 5.53. The average molecular weight is 216 g/mol. The van der Waals surface area contributed by atoms with E-state index in [1.54, 1.807) is 7.11 Å². The lowest BCUT2D eigenvalue weighted by atomic mass is 9.96. The Bertz CT molecular complexity index is 181. The molecule has 0 spiro atoms. The van der Waals surface area contributed by atoms with Gasteiger partial charge in [-0.3, -0.25) is 4.79 Å². The molecule has 0 heterocycles. The van der Waals surface area contributed by atoms with E-state index >= 15 is 0 Å². The number of hydrogen-bond donors (Lipinski definition) is 0. The van der Waals surface area contributed by atoms with Crippen molar-refractivity contribution in [3.63, 3.8) is 0 Å². The van der Waals surface area contributed by atoms with E-state index in [1.807, 2.05) is 0 Å². The summed E-state index contributed by atoms with van der Waals surface area (Å²) in [6, 6.07) is 0. The quantitative estimate of drug-likeness (QED) is 0.599. The SMILES string of the molecule is COCCOCCOC1CCCC(=O)C1. The topological polar surface area (TPSA) is 44.8 Å². The van der Waals surface area contributed by atoms with Gasteiger partial charge in [0.05, 0.1) is 32.5 Å². The van der Waals surface area contributed by atoms with Crippen LogP contribution in [0.1, 0.15) is 25.7 Å². The number of rotatable bonds is 7. The maximum atomic E-state index is 11.1. The molecule has 1 rings (SSSR count). The van der Waals surface area contributed by atoms with Crippen molar-refractivity contribution in [2.24, 2.45) is 0 Å². The van der Waals surface area contributed by atoms with Gasteiger partial charge in [0.15, 0.2) is 0 Å². The summed E-state index contributed by atoms with van der Waals surface area (Å²) in [6.07, 6.45) is 3.40. The molecular weight excluding hydrogens is 196 g/mol. The van der Waals surface area contributed by atoms with Crippen LogP contribution in [0.15, 0.2) is 0 Å². The van der Waals surface area contributed by atoms with Gasteiger partial charge in [0.25, 0.3) is 0 Å². The standard InChI is InChI=1S/C11H20O4/c1-13-5-6-14-7-8-15-11-4-2-3-10(12)9-11/h11H,2-9H2,1H3. The molecule has 0 radical (unpaired) electrons. The molecule has 0 aromatic heterocycles. The van der Waals surface area contributed by atoms with Crippen molar-refractivity contribution in [2.45, 2.75) is 31.8 Å². The molecule has 4 heteroatoms. The number of ketones is 1. The Balaban J connectivity index is 1.92. The number of carbonyl (C=O) groups excluding carboxylic acids is 1. The molecule has 0 N–H and O–H groups in total. The van der Waals surface area contributed by atoms with E-state index in [1.165, 1.54) is 0 Å². The Labute approximate surface area is 90.9 Å². The number of carbonyl (C=O) groups is 1. The van der Waals surface area contributed by atoms with Crippen molar-refractivity contribution in [2.75, 3.05) is 33.5 Å². The lowest BCUT2D eigenvalue weighted by Crippen LogP contribution is -2.24. The normalized spacial score (nSPS) is 21.9. The van der Waals surface area contributed by atoms with Gasteiger partial charge >= 0.3 is 0 Å². The smallest absolute Gasteiger partial charge is 0.135 e. The van der Waals surface area contributed by atoms with Gasteiger partial charge in [-0.05, 0) is 12.8 Å². The third-order valence-electron chi connectivity index (χ3n) is 2.45. The summed E-state index contributed by atoms with van der Waals surface area (Å²) in [5.74, 6) is 0.326. The van der Waals surface area contributed by atoms with Gasteiger partial charge in [-0.25, -0.2) is 0 Å². The highest BCUT2D eigenvalue weighted by molar-refractivity contribution is 5.79. The predicted molar refractivity (Wildman–Crippen MR) is 55.9 cm³/mol. The Morgan fingerprint density at radius 3 is 2.80 bits per heavy atom. The largest absolute Gasteiger partial charge is 0.382 e. The van der Waals surface area contributed by atoms with Crippen molar-refractivity contribution < 1.29 is 19.0 Å². The molecular formula is C11H20O4. The molecule has 0 aliphatic heterocycles. The highest BCUT2D eigenvalue weighted by atomic mass is 16.5. The van der Waals surface area contributed by atoms with Crippen molar-refractivity contribution in [1.29, 1.82) is 0 Å². The summed E-state index contributed by atoms with van der Waals surface area (Å²) in [6.45, 7) is 2.36. The van der Waals surface area contributed by atoms with Gasteiger partial charge in [-0.1, -0.05) is 0 Å². The van der Waals surface area contributed by atoms with Crippen LogP contribution in [-0.2, 0) is 19.0 Å². The Hall–Kier alpha value is -0.450. The molecule has 1 unspecified atom stereocenters. The van der Waals surface area contributed by atoms with E-state index in [4.69, 9.17) is 14.2 Å². The molecule has 0 amide bonds. The van der Waals surface area contributed by atoms with Crippen LogP contribution in [0.4, 0.5) is 0 Å². The Kier molecular flexibility index (Phi) is 6.55. The monoisotopic (exact) mass is 216 g/mol. The van der Waals surface area contributed by atoms with E-state index in [0.29, 0.717) is 38.6 Å². The van der Waals surface area contributed by atoms with Crippen LogP contribution >= 0.6 is 0 Å². The summed E-state index contributed by atoms with van der Waals surface area (Å²) >= 11 is 0. The molecule has 1 aliphatic carbocycles.